The number of rotatable bonds is 4. The Morgan fingerprint density at radius 1 is 1.00 bits per heavy atom. The first-order valence-electron chi connectivity index (χ1n) is 7.85. The lowest BCUT2D eigenvalue weighted by Gasteiger charge is -2.32. The fourth-order valence-electron chi connectivity index (χ4n) is 2.36. The zero-order valence-corrected chi connectivity index (χ0v) is 14.1. The average Bonchev–Trinajstić information content (AvgIpc) is 2.75. The highest BCUT2D eigenvalue weighted by atomic mass is 16.7. The maximum atomic E-state index is 6.05. The van der Waals surface area contributed by atoms with Gasteiger partial charge < -0.3 is 14.0 Å². The molecule has 0 amide bonds. The Balaban J connectivity index is 1.71. The second kappa shape index (κ2) is 5.98. The average molecular weight is 311 g/mol. The van der Waals surface area contributed by atoms with Crippen LogP contribution in [0.2, 0.25) is 0 Å². The third kappa shape index (κ3) is 3.41. The third-order valence-corrected chi connectivity index (χ3v) is 4.51. The number of nitrogens with zero attached hydrogens (tertiary/aromatic N) is 1. The van der Waals surface area contributed by atoms with Crippen molar-refractivity contribution >= 4 is 12.6 Å². The summed E-state index contributed by atoms with van der Waals surface area (Å²) in [6, 6.07) is 12.0. The van der Waals surface area contributed by atoms with E-state index < -0.39 is 7.12 Å². The lowest BCUT2D eigenvalue weighted by Crippen LogP contribution is -2.41. The molecule has 0 N–H and O–H groups in total. The summed E-state index contributed by atoms with van der Waals surface area (Å²) < 4.78 is 17.9. The van der Waals surface area contributed by atoms with Crippen LogP contribution in [0.3, 0.4) is 0 Å². The Kier molecular flexibility index (Phi) is 4.17. The summed E-state index contributed by atoms with van der Waals surface area (Å²) in [6.07, 6.45) is 3.47. The molecule has 0 atom stereocenters. The first-order chi connectivity index (χ1) is 10.9. The minimum atomic E-state index is -0.423. The SMILES string of the molecule is CC1(C)OB(c2cncc(OCc3ccccc3)c2)OC1(C)C. The largest absolute Gasteiger partial charge is 0.496 e. The van der Waals surface area contributed by atoms with Gasteiger partial charge in [-0.2, -0.15) is 0 Å². The predicted molar refractivity (Wildman–Crippen MR) is 90.7 cm³/mol. The van der Waals surface area contributed by atoms with E-state index in [0.29, 0.717) is 12.4 Å². The van der Waals surface area contributed by atoms with Crippen LogP contribution in [0.15, 0.2) is 48.8 Å². The van der Waals surface area contributed by atoms with E-state index in [1.165, 1.54) is 0 Å². The highest BCUT2D eigenvalue weighted by molar-refractivity contribution is 6.62. The number of ether oxygens (including phenoxy) is 1. The van der Waals surface area contributed by atoms with E-state index in [1.54, 1.807) is 12.4 Å². The van der Waals surface area contributed by atoms with Crippen molar-refractivity contribution in [1.29, 1.82) is 0 Å². The van der Waals surface area contributed by atoms with Gasteiger partial charge in [0, 0.05) is 11.7 Å². The normalized spacial score (nSPS) is 18.9. The van der Waals surface area contributed by atoms with E-state index in [1.807, 2.05) is 64.1 Å². The number of hydrogen-bond acceptors (Lipinski definition) is 4. The number of pyridine rings is 1. The second-order valence-corrected chi connectivity index (χ2v) is 6.82. The van der Waals surface area contributed by atoms with Crippen LogP contribution >= 0.6 is 0 Å². The van der Waals surface area contributed by atoms with Crippen LogP contribution in [0, 0.1) is 0 Å². The topological polar surface area (TPSA) is 40.6 Å². The fraction of sp³-hybridized carbons (Fsp3) is 0.389. The summed E-state index contributed by atoms with van der Waals surface area (Å²) >= 11 is 0. The van der Waals surface area contributed by atoms with Crippen molar-refractivity contribution in [3.8, 4) is 5.75 Å². The van der Waals surface area contributed by atoms with E-state index in [9.17, 15) is 0 Å². The lowest BCUT2D eigenvalue weighted by molar-refractivity contribution is 0.00578. The van der Waals surface area contributed by atoms with Crippen molar-refractivity contribution in [3.05, 3.63) is 54.4 Å². The van der Waals surface area contributed by atoms with Crippen LogP contribution in [0.25, 0.3) is 0 Å². The maximum absolute atomic E-state index is 6.05. The quantitative estimate of drug-likeness (QED) is 0.814. The maximum Gasteiger partial charge on any atom is 0.496 e. The molecule has 0 saturated carbocycles. The summed E-state index contributed by atoms with van der Waals surface area (Å²) in [4.78, 5) is 4.25. The number of hydrogen-bond donors (Lipinski definition) is 0. The molecule has 1 saturated heterocycles. The first kappa shape index (κ1) is 16.0. The molecule has 1 aromatic heterocycles. The molecular formula is C18H22BNO3. The monoisotopic (exact) mass is 311 g/mol. The van der Waals surface area contributed by atoms with Crippen molar-refractivity contribution in [1.82, 2.24) is 4.98 Å². The Labute approximate surface area is 137 Å². The van der Waals surface area contributed by atoms with Crippen LogP contribution in [-0.4, -0.2) is 23.3 Å². The molecule has 1 aromatic carbocycles. The van der Waals surface area contributed by atoms with Crippen LogP contribution in [-0.2, 0) is 15.9 Å². The lowest BCUT2D eigenvalue weighted by atomic mass is 9.80. The van der Waals surface area contributed by atoms with Gasteiger partial charge in [-0.05, 0) is 39.3 Å². The molecule has 2 heterocycles. The van der Waals surface area contributed by atoms with E-state index in [-0.39, 0.29) is 11.2 Å². The number of aromatic nitrogens is 1. The third-order valence-electron chi connectivity index (χ3n) is 4.51. The van der Waals surface area contributed by atoms with Gasteiger partial charge in [0.2, 0.25) is 0 Å². The van der Waals surface area contributed by atoms with Crippen LogP contribution in [0.4, 0.5) is 0 Å². The Morgan fingerprint density at radius 3 is 2.30 bits per heavy atom. The van der Waals surface area contributed by atoms with Crippen LogP contribution in [0.5, 0.6) is 5.75 Å². The van der Waals surface area contributed by atoms with Gasteiger partial charge in [-0.1, -0.05) is 30.3 Å². The molecule has 5 heteroatoms. The first-order valence-corrected chi connectivity index (χ1v) is 7.85. The van der Waals surface area contributed by atoms with Crippen molar-refractivity contribution in [2.24, 2.45) is 0 Å². The molecule has 1 fully saturated rings. The van der Waals surface area contributed by atoms with Gasteiger partial charge >= 0.3 is 7.12 Å². The van der Waals surface area contributed by atoms with Crippen molar-refractivity contribution in [2.75, 3.05) is 0 Å². The minimum Gasteiger partial charge on any atom is -0.487 e. The summed E-state index contributed by atoms with van der Waals surface area (Å²) in [6.45, 7) is 8.66. The summed E-state index contributed by atoms with van der Waals surface area (Å²) in [5.41, 5.74) is 1.26. The Morgan fingerprint density at radius 2 is 1.65 bits per heavy atom. The van der Waals surface area contributed by atoms with E-state index in [2.05, 4.69) is 4.98 Å². The summed E-state index contributed by atoms with van der Waals surface area (Å²) in [7, 11) is -0.423. The summed E-state index contributed by atoms with van der Waals surface area (Å²) in [5, 5.41) is 0. The minimum absolute atomic E-state index is 0.363. The van der Waals surface area contributed by atoms with Crippen LogP contribution in [0.1, 0.15) is 33.3 Å². The van der Waals surface area contributed by atoms with Gasteiger partial charge in [0.15, 0.2) is 0 Å². The van der Waals surface area contributed by atoms with Gasteiger partial charge in [0.25, 0.3) is 0 Å². The molecule has 23 heavy (non-hydrogen) atoms. The van der Waals surface area contributed by atoms with E-state index >= 15 is 0 Å². The molecule has 0 radical (unpaired) electrons. The molecule has 0 unspecified atom stereocenters. The van der Waals surface area contributed by atoms with Crippen LogP contribution < -0.4 is 10.2 Å². The standard InChI is InChI=1S/C18H22BNO3/c1-17(2)18(3,4)23-19(22-17)15-10-16(12-20-11-15)21-13-14-8-6-5-7-9-14/h5-12H,13H2,1-4H3. The van der Waals surface area contributed by atoms with E-state index in [4.69, 9.17) is 14.0 Å². The van der Waals surface area contributed by atoms with Crippen molar-refractivity contribution < 1.29 is 14.0 Å². The summed E-state index contributed by atoms with van der Waals surface area (Å²) in [5.74, 6) is 0.709. The molecular weight excluding hydrogens is 289 g/mol. The smallest absolute Gasteiger partial charge is 0.487 e. The van der Waals surface area contributed by atoms with Gasteiger partial charge in [-0.15, -0.1) is 0 Å². The highest BCUT2D eigenvalue weighted by Crippen LogP contribution is 2.36. The Hall–Kier alpha value is -1.85. The van der Waals surface area contributed by atoms with Crippen molar-refractivity contribution in [2.45, 2.75) is 45.5 Å². The molecule has 0 aliphatic carbocycles. The predicted octanol–water partition coefficient (Wildman–Crippen LogP) is 2.96. The second-order valence-electron chi connectivity index (χ2n) is 6.82. The van der Waals surface area contributed by atoms with Gasteiger partial charge in [-0.3, -0.25) is 4.98 Å². The molecule has 120 valence electrons. The molecule has 0 spiro atoms. The van der Waals surface area contributed by atoms with E-state index in [0.717, 1.165) is 11.0 Å². The molecule has 3 rings (SSSR count). The zero-order chi connectivity index (χ0) is 16.5. The Bertz CT molecular complexity index is 657. The molecule has 4 nitrogen and oxygen atoms in total. The van der Waals surface area contributed by atoms with Gasteiger partial charge in [0.05, 0.1) is 17.4 Å². The van der Waals surface area contributed by atoms with Gasteiger partial charge in [0.1, 0.15) is 12.4 Å². The number of benzene rings is 1. The molecule has 1 aliphatic heterocycles. The molecule has 0 bridgehead atoms. The zero-order valence-electron chi connectivity index (χ0n) is 14.1. The fourth-order valence-corrected chi connectivity index (χ4v) is 2.36. The highest BCUT2D eigenvalue weighted by Gasteiger charge is 2.51. The van der Waals surface area contributed by atoms with Gasteiger partial charge in [-0.25, -0.2) is 0 Å². The molecule has 1 aliphatic rings. The van der Waals surface area contributed by atoms with Crippen molar-refractivity contribution in [3.63, 3.8) is 0 Å². The molecule has 2 aromatic rings.